The lowest BCUT2D eigenvalue weighted by molar-refractivity contribution is -0.139. The summed E-state index contributed by atoms with van der Waals surface area (Å²) in [6.45, 7) is 0.383. The second-order valence-corrected chi connectivity index (χ2v) is 3.58. The van der Waals surface area contributed by atoms with Crippen LogP contribution < -0.4 is 10.1 Å². The highest BCUT2D eigenvalue weighted by Gasteiger charge is 2.10. The molecule has 0 atom stereocenters. The zero-order chi connectivity index (χ0) is 13.5. The van der Waals surface area contributed by atoms with Gasteiger partial charge < -0.3 is 14.8 Å². The highest BCUT2D eigenvalue weighted by molar-refractivity contribution is 5.71. The summed E-state index contributed by atoms with van der Waals surface area (Å²) in [5.41, 5.74) is 0.227. The van der Waals surface area contributed by atoms with Crippen molar-refractivity contribution in [3.05, 3.63) is 29.3 Å². The van der Waals surface area contributed by atoms with Crippen LogP contribution in [0.25, 0.3) is 0 Å². The van der Waals surface area contributed by atoms with Gasteiger partial charge in [-0.15, -0.1) is 0 Å². The first-order chi connectivity index (χ1) is 8.58. The minimum absolute atomic E-state index is 0.0384. The number of rotatable bonds is 6. The molecule has 0 saturated heterocycles. The Morgan fingerprint density at radius 2 is 2.00 bits per heavy atom. The SMILES string of the molecule is COC(=O)CNCCc1cc(F)c(OC)cc1F. The number of hydrogen-bond acceptors (Lipinski definition) is 4. The minimum atomic E-state index is -0.609. The van der Waals surface area contributed by atoms with Gasteiger partial charge in [0.05, 0.1) is 20.8 Å². The third-order valence-electron chi connectivity index (χ3n) is 2.39. The summed E-state index contributed by atoms with van der Waals surface area (Å²) >= 11 is 0. The first kappa shape index (κ1) is 14.4. The van der Waals surface area contributed by atoms with Gasteiger partial charge in [-0.05, 0) is 24.6 Å². The number of carbonyl (C=O) groups excluding carboxylic acids is 1. The van der Waals surface area contributed by atoms with Crippen LogP contribution >= 0.6 is 0 Å². The normalized spacial score (nSPS) is 10.2. The van der Waals surface area contributed by atoms with Crippen LogP contribution in [0.5, 0.6) is 5.75 Å². The second kappa shape index (κ2) is 6.90. The number of ether oxygens (including phenoxy) is 2. The van der Waals surface area contributed by atoms with E-state index in [1.54, 1.807) is 0 Å². The molecule has 18 heavy (non-hydrogen) atoms. The lowest BCUT2D eigenvalue weighted by Gasteiger charge is -2.07. The van der Waals surface area contributed by atoms with E-state index in [9.17, 15) is 13.6 Å². The minimum Gasteiger partial charge on any atom is -0.494 e. The summed E-state index contributed by atoms with van der Waals surface area (Å²) in [5, 5.41) is 2.76. The van der Waals surface area contributed by atoms with Crippen molar-refractivity contribution >= 4 is 5.97 Å². The van der Waals surface area contributed by atoms with Crippen molar-refractivity contribution in [2.24, 2.45) is 0 Å². The van der Waals surface area contributed by atoms with Gasteiger partial charge in [-0.2, -0.15) is 0 Å². The number of halogens is 2. The molecule has 0 saturated carbocycles. The lowest BCUT2D eigenvalue weighted by Crippen LogP contribution is -2.26. The molecule has 0 spiro atoms. The Bertz CT molecular complexity index is 424. The first-order valence-corrected chi connectivity index (χ1v) is 5.38. The molecule has 1 rings (SSSR count). The Morgan fingerprint density at radius 1 is 1.28 bits per heavy atom. The summed E-state index contributed by atoms with van der Waals surface area (Å²) in [5.74, 6) is -1.68. The molecule has 0 bridgehead atoms. The molecule has 0 heterocycles. The lowest BCUT2D eigenvalue weighted by atomic mass is 10.1. The molecule has 1 aromatic carbocycles. The van der Waals surface area contributed by atoms with Gasteiger partial charge in [-0.25, -0.2) is 8.78 Å². The molecular weight excluding hydrogens is 244 g/mol. The molecule has 100 valence electrons. The van der Waals surface area contributed by atoms with Crippen LogP contribution in [0.4, 0.5) is 8.78 Å². The maximum absolute atomic E-state index is 13.5. The third kappa shape index (κ3) is 3.96. The predicted molar refractivity (Wildman–Crippen MR) is 61.5 cm³/mol. The zero-order valence-corrected chi connectivity index (χ0v) is 10.3. The molecule has 0 aliphatic rings. The largest absolute Gasteiger partial charge is 0.494 e. The number of methoxy groups -OCH3 is 2. The predicted octanol–water partition coefficient (Wildman–Crippen LogP) is 1.28. The molecule has 0 amide bonds. The van der Waals surface area contributed by atoms with E-state index in [0.29, 0.717) is 6.54 Å². The Morgan fingerprint density at radius 3 is 2.61 bits per heavy atom. The average Bonchev–Trinajstić information content (AvgIpc) is 2.37. The monoisotopic (exact) mass is 259 g/mol. The first-order valence-electron chi connectivity index (χ1n) is 5.38. The van der Waals surface area contributed by atoms with Crippen molar-refractivity contribution in [1.82, 2.24) is 5.32 Å². The zero-order valence-electron chi connectivity index (χ0n) is 10.3. The van der Waals surface area contributed by atoms with Gasteiger partial charge in [-0.3, -0.25) is 4.79 Å². The highest BCUT2D eigenvalue weighted by Crippen LogP contribution is 2.21. The maximum atomic E-state index is 13.5. The van der Waals surface area contributed by atoms with E-state index in [1.165, 1.54) is 14.2 Å². The standard InChI is InChI=1S/C12H15F2NO3/c1-17-11-6-9(13)8(5-10(11)14)3-4-15-7-12(16)18-2/h5-6,15H,3-4,7H2,1-2H3. The smallest absolute Gasteiger partial charge is 0.319 e. The fraction of sp³-hybridized carbons (Fsp3) is 0.417. The van der Waals surface area contributed by atoms with Gasteiger partial charge in [0.15, 0.2) is 11.6 Å². The Kier molecular flexibility index (Phi) is 5.51. The summed E-state index contributed by atoms with van der Waals surface area (Å²) in [4.78, 5) is 10.8. The summed E-state index contributed by atoms with van der Waals surface area (Å²) < 4.78 is 35.9. The third-order valence-corrected chi connectivity index (χ3v) is 2.39. The molecule has 0 unspecified atom stereocenters. The molecule has 1 N–H and O–H groups in total. The van der Waals surface area contributed by atoms with E-state index in [0.717, 1.165) is 12.1 Å². The fourth-order valence-corrected chi connectivity index (χ4v) is 1.40. The summed E-state index contributed by atoms with van der Waals surface area (Å²) in [7, 11) is 2.55. The molecule has 0 radical (unpaired) electrons. The fourth-order valence-electron chi connectivity index (χ4n) is 1.40. The van der Waals surface area contributed by atoms with Crippen molar-refractivity contribution in [2.75, 3.05) is 27.3 Å². The number of nitrogens with one attached hydrogen (secondary N) is 1. The Balaban J connectivity index is 2.52. The quantitative estimate of drug-likeness (QED) is 0.617. The number of carbonyl (C=O) groups is 1. The van der Waals surface area contributed by atoms with Crippen LogP contribution in [0, 0.1) is 11.6 Å². The van der Waals surface area contributed by atoms with Gasteiger partial charge in [0.1, 0.15) is 5.82 Å². The maximum Gasteiger partial charge on any atom is 0.319 e. The van der Waals surface area contributed by atoms with E-state index < -0.39 is 17.6 Å². The molecule has 4 nitrogen and oxygen atoms in total. The van der Waals surface area contributed by atoms with Crippen LogP contribution in [-0.4, -0.2) is 33.3 Å². The Labute approximate surface area is 104 Å². The van der Waals surface area contributed by atoms with Crippen LogP contribution in [0.1, 0.15) is 5.56 Å². The van der Waals surface area contributed by atoms with Crippen LogP contribution in [0.15, 0.2) is 12.1 Å². The van der Waals surface area contributed by atoms with Crippen molar-refractivity contribution in [3.63, 3.8) is 0 Å². The van der Waals surface area contributed by atoms with Crippen molar-refractivity contribution in [2.45, 2.75) is 6.42 Å². The van der Waals surface area contributed by atoms with Crippen LogP contribution in [-0.2, 0) is 16.0 Å². The second-order valence-electron chi connectivity index (χ2n) is 3.58. The molecule has 0 aliphatic carbocycles. The van der Waals surface area contributed by atoms with Gasteiger partial charge in [0.2, 0.25) is 0 Å². The van der Waals surface area contributed by atoms with Crippen LogP contribution in [0.3, 0.4) is 0 Å². The Hall–Kier alpha value is -1.69. The van der Waals surface area contributed by atoms with Crippen LogP contribution in [0.2, 0.25) is 0 Å². The molecule has 1 aromatic rings. The molecule has 0 aromatic heterocycles. The van der Waals surface area contributed by atoms with Gasteiger partial charge in [0, 0.05) is 6.07 Å². The van der Waals surface area contributed by atoms with Crippen molar-refractivity contribution in [3.8, 4) is 5.75 Å². The summed E-state index contributed by atoms with van der Waals surface area (Å²) in [6.07, 6.45) is 0.268. The number of hydrogen-bond donors (Lipinski definition) is 1. The van der Waals surface area contributed by atoms with Crippen molar-refractivity contribution < 1.29 is 23.0 Å². The topological polar surface area (TPSA) is 47.6 Å². The van der Waals surface area contributed by atoms with E-state index in [1.807, 2.05) is 0 Å². The van der Waals surface area contributed by atoms with E-state index in [2.05, 4.69) is 14.8 Å². The van der Waals surface area contributed by atoms with E-state index >= 15 is 0 Å². The highest BCUT2D eigenvalue weighted by atomic mass is 19.1. The van der Waals surface area contributed by atoms with Gasteiger partial charge in [0.25, 0.3) is 0 Å². The number of esters is 1. The molecule has 6 heteroatoms. The molecule has 0 aliphatic heterocycles. The van der Waals surface area contributed by atoms with Gasteiger partial charge >= 0.3 is 5.97 Å². The van der Waals surface area contributed by atoms with E-state index in [-0.39, 0.29) is 24.3 Å². The van der Waals surface area contributed by atoms with E-state index in [4.69, 9.17) is 0 Å². The average molecular weight is 259 g/mol. The van der Waals surface area contributed by atoms with Crippen molar-refractivity contribution in [1.29, 1.82) is 0 Å². The molecule has 0 fully saturated rings. The summed E-state index contributed by atoms with van der Waals surface area (Å²) in [6, 6.07) is 2.10. The number of benzene rings is 1. The molecular formula is C12H15F2NO3. The van der Waals surface area contributed by atoms with Gasteiger partial charge in [-0.1, -0.05) is 0 Å².